The van der Waals surface area contributed by atoms with Crippen LogP contribution in [0.3, 0.4) is 0 Å². The number of aromatic nitrogens is 4. The van der Waals surface area contributed by atoms with Gasteiger partial charge in [-0.1, -0.05) is 35.5 Å². The minimum atomic E-state index is -0.336. The molecule has 1 aromatic heterocycles. The number of hydrogen-bond donors (Lipinski definition) is 2. The van der Waals surface area contributed by atoms with Gasteiger partial charge in [-0.3, -0.25) is 9.59 Å². The smallest absolute Gasteiger partial charge is 0.257 e. The fourth-order valence-corrected chi connectivity index (χ4v) is 3.51. The zero-order chi connectivity index (χ0) is 21.7. The number of tetrazole rings is 1. The maximum Gasteiger partial charge on any atom is 0.257 e. The van der Waals surface area contributed by atoms with Gasteiger partial charge in [-0.15, -0.1) is 5.10 Å². The minimum absolute atomic E-state index is 0.101. The molecule has 0 aliphatic heterocycles. The fourth-order valence-electron chi connectivity index (χ4n) is 2.53. The van der Waals surface area contributed by atoms with Crippen molar-refractivity contribution in [2.75, 3.05) is 16.4 Å². The number of benzene rings is 2. The number of carbonyl (C=O) groups is 2. The molecule has 0 unspecified atom stereocenters. The number of halogens is 1. The zero-order valence-corrected chi connectivity index (χ0v) is 18.3. The van der Waals surface area contributed by atoms with Crippen LogP contribution in [0, 0.1) is 0 Å². The van der Waals surface area contributed by atoms with Crippen molar-refractivity contribution in [2.24, 2.45) is 0 Å². The molecule has 2 N–H and O–H groups in total. The highest BCUT2D eigenvalue weighted by atomic mass is 35.5. The molecule has 8 nitrogen and oxygen atoms in total. The van der Waals surface area contributed by atoms with Crippen molar-refractivity contribution >= 4 is 46.6 Å². The number of nitrogens with zero attached hydrogens (tertiary/aromatic N) is 4. The molecule has 0 saturated carbocycles. The molecule has 3 rings (SSSR count). The van der Waals surface area contributed by atoms with E-state index in [0.29, 0.717) is 27.1 Å². The summed E-state index contributed by atoms with van der Waals surface area (Å²) in [5, 5.41) is 18.3. The standard InChI is InChI=1S/C20H21ClN6O2S/c1-20(2,3)27-19(24-25-26-27)30-12-17(28)23-16-7-5-4-6-15(16)18(29)22-14-10-8-13(21)9-11-14/h4-11H,12H2,1-3H3,(H,22,29)(H,23,28). The molecule has 10 heteroatoms. The number of thioether (sulfide) groups is 1. The van der Waals surface area contributed by atoms with Crippen molar-refractivity contribution in [3.8, 4) is 0 Å². The Morgan fingerprint density at radius 2 is 1.77 bits per heavy atom. The van der Waals surface area contributed by atoms with E-state index in [2.05, 4.69) is 26.2 Å². The van der Waals surface area contributed by atoms with Crippen molar-refractivity contribution in [3.63, 3.8) is 0 Å². The third-order valence-corrected chi connectivity index (χ3v) is 5.13. The number of rotatable bonds is 6. The summed E-state index contributed by atoms with van der Waals surface area (Å²) in [5.74, 6) is -0.503. The van der Waals surface area contributed by atoms with Crippen LogP contribution in [0.1, 0.15) is 31.1 Å². The number of amides is 2. The van der Waals surface area contributed by atoms with Crippen molar-refractivity contribution in [2.45, 2.75) is 31.5 Å². The Bertz CT molecular complexity index is 1050. The van der Waals surface area contributed by atoms with Crippen LogP contribution in [0.4, 0.5) is 11.4 Å². The minimum Gasteiger partial charge on any atom is -0.325 e. The van der Waals surface area contributed by atoms with Crippen LogP contribution in [0.5, 0.6) is 0 Å². The van der Waals surface area contributed by atoms with E-state index in [1.165, 1.54) is 11.8 Å². The van der Waals surface area contributed by atoms with Gasteiger partial charge in [0, 0.05) is 10.7 Å². The molecule has 0 bridgehead atoms. The summed E-state index contributed by atoms with van der Waals surface area (Å²) in [6.45, 7) is 5.93. The number of anilines is 2. The fraction of sp³-hybridized carbons (Fsp3) is 0.250. The lowest BCUT2D eigenvalue weighted by atomic mass is 10.1. The Kier molecular flexibility index (Phi) is 6.73. The summed E-state index contributed by atoms with van der Waals surface area (Å²) in [7, 11) is 0. The highest BCUT2D eigenvalue weighted by molar-refractivity contribution is 7.99. The summed E-state index contributed by atoms with van der Waals surface area (Å²) in [6, 6.07) is 13.6. The van der Waals surface area contributed by atoms with Gasteiger partial charge >= 0.3 is 0 Å². The van der Waals surface area contributed by atoms with Crippen molar-refractivity contribution in [1.82, 2.24) is 20.2 Å². The summed E-state index contributed by atoms with van der Waals surface area (Å²) < 4.78 is 1.67. The van der Waals surface area contributed by atoms with Crippen molar-refractivity contribution < 1.29 is 9.59 Å². The second-order valence-corrected chi connectivity index (χ2v) is 8.77. The first-order chi connectivity index (χ1) is 14.2. The molecule has 1 heterocycles. The summed E-state index contributed by atoms with van der Waals surface area (Å²) in [4.78, 5) is 25.2. The van der Waals surface area contributed by atoms with Gasteiger partial charge < -0.3 is 10.6 Å². The van der Waals surface area contributed by atoms with E-state index in [1.54, 1.807) is 53.2 Å². The summed E-state index contributed by atoms with van der Waals surface area (Å²) in [6.07, 6.45) is 0. The number of nitrogens with one attached hydrogen (secondary N) is 2. The topological polar surface area (TPSA) is 102 Å². The predicted molar refractivity (Wildman–Crippen MR) is 118 cm³/mol. The Labute approximate surface area is 183 Å². The molecule has 3 aromatic rings. The molecule has 0 spiro atoms. The Hall–Kier alpha value is -2.91. The van der Waals surface area contributed by atoms with E-state index in [0.717, 1.165) is 0 Å². The van der Waals surface area contributed by atoms with Crippen LogP contribution in [-0.2, 0) is 10.3 Å². The van der Waals surface area contributed by atoms with Crippen LogP contribution >= 0.6 is 23.4 Å². The predicted octanol–water partition coefficient (Wildman–Crippen LogP) is 4.06. The third kappa shape index (κ3) is 5.58. The van der Waals surface area contributed by atoms with Gasteiger partial charge in [0.25, 0.3) is 5.91 Å². The molecule has 30 heavy (non-hydrogen) atoms. The molecule has 0 saturated heterocycles. The first kappa shape index (κ1) is 21.8. The molecule has 0 aliphatic rings. The molecule has 156 valence electrons. The Morgan fingerprint density at radius 1 is 1.07 bits per heavy atom. The van der Waals surface area contributed by atoms with Gasteiger partial charge in [0.15, 0.2) is 0 Å². The van der Waals surface area contributed by atoms with Gasteiger partial charge in [0.2, 0.25) is 11.1 Å². The lowest BCUT2D eigenvalue weighted by Crippen LogP contribution is -2.25. The zero-order valence-electron chi connectivity index (χ0n) is 16.7. The second-order valence-electron chi connectivity index (χ2n) is 7.39. The number of para-hydroxylation sites is 1. The quantitative estimate of drug-likeness (QED) is 0.556. The molecule has 0 fully saturated rings. The molecular weight excluding hydrogens is 424 g/mol. The molecule has 0 atom stereocenters. The van der Waals surface area contributed by atoms with Gasteiger partial charge in [0.05, 0.1) is 22.5 Å². The Balaban J connectivity index is 1.66. The monoisotopic (exact) mass is 444 g/mol. The average molecular weight is 445 g/mol. The molecule has 2 aromatic carbocycles. The van der Waals surface area contributed by atoms with Crippen molar-refractivity contribution in [3.05, 3.63) is 59.1 Å². The Morgan fingerprint density at radius 3 is 2.47 bits per heavy atom. The average Bonchev–Trinajstić information content (AvgIpc) is 3.18. The van der Waals surface area contributed by atoms with Crippen LogP contribution in [-0.4, -0.2) is 37.8 Å². The lowest BCUT2D eigenvalue weighted by molar-refractivity contribution is -0.113. The largest absolute Gasteiger partial charge is 0.325 e. The van der Waals surface area contributed by atoms with Crippen LogP contribution in [0.25, 0.3) is 0 Å². The first-order valence-electron chi connectivity index (χ1n) is 9.11. The molecule has 0 aliphatic carbocycles. The maximum atomic E-state index is 12.7. The normalized spacial score (nSPS) is 11.2. The van der Waals surface area contributed by atoms with E-state index in [4.69, 9.17) is 11.6 Å². The van der Waals surface area contributed by atoms with E-state index < -0.39 is 0 Å². The summed E-state index contributed by atoms with van der Waals surface area (Å²) in [5.41, 5.74) is 1.08. The van der Waals surface area contributed by atoms with Crippen LogP contribution in [0.15, 0.2) is 53.7 Å². The maximum absolute atomic E-state index is 12.7. The number of hydrogen-bond acceptors (Lipinski definition) is 6. The highest BCUT2D eigenvalue weighted by Crippen LogP contribution is 2.23. The van der Waals surface area contributed by atoms with Gasteiger partial charge in [-0.05, 0) is 67.6 Å². The SMILES string of the molecule is CC(C)(C)n1nnnc1SCC(=O)Nc1ccccc1C(=O)Nc1ccc(Cl)cc1. The van der Waals surface area contributed by atoms with Crippen LogP contribution < -0.4 is 10.6 Å². The highest BCUT2D eigenvalue weighted by Gasteiger charge is 2.21. The second kappa shape index (κ2) is 9.27. The summed E-state index contributed by atoms with van der Waals surface area (Å²) >= 11 is 7.10. The van der Waals surface area contributed by atoms with E-state index in [1.807, 2.05) is 20.8 Å². The van der Waals surface area contributed by atoms with Crippen molar-refractivity contribution in [1.29, 1.82) is 0 Å². The first-order valence-corrected chi connectivity index (χ1v) is 10.5. The molecule has 0 radical (unpaired) electrons. The van der Waals surface area contributed by atoms with Crippen LogP contribution in [0.2, 0.25) is 5.02 Å². The van der Waals surface area contributed by atoms with E-state index in [9.17, 15) is 9.59 Å². The molecule has 2 amide bonds. The molecular formula is C20H21ClN6O2S. The van der Waals surface area contributed by atoms with Gasteiger partial charge in [-0.25, -0.2) is 4.68 Å². The van der Waals surface area contributed by atoms with Gasteiger partial charge in [0.1, 0.15) is 0 Å². The third-order valence-electron chi connectivity index (χ3n) is 3.96. The lowest BCUT2D eigenvalue weighted by Gasteiger charge is -2.19. The van der Waals surface area contributed by atoms with E-state index in [-0.39, 0.29) is 23.1 Å². The number of carbonyl (C=O) groups excluding carboxylic acids is 2. The van der Waals surface area contributed by atoms with E-state index >= 15 is 0 Å². The van der Waals surface area contributed by atoms with Gasteiger partial charge in [-0.2, -0.15) is 0 Å².